The molecule has 7 nitrogen and oxygen atoms in total. The van der Waals surface area contributed by atoms with Gasteiger partial charge in [0.1, 0.15) is 16.7 Å². The molecule has 8 heteroatoms. The minimum atomic E-state index is -0.501. The fourth-order valence-electron chi connectivity index (χ4n) is 2.93. The molecule has 0 unspecified atom stereocenters. The van der Waals surface area contributed by atoms with Gasteiger partial charge in [-0.3, -0.25) is 14.5 Å². The van der Waals surface area contributed by atoms with Gasteiger partial charge in [-0.25, -0.2) is 4.99 Å². The molecule has 2 aromatic carbocycles. The van der Waals surface area contributed by atoms with Crippen LogP contribution in [0.15, 0.2) is 53.5 Å². The van der Waals surface area contributed by atoms with Gasteiger partial charge < -0.3 is 14.8 Å². The Morgan fingerprint density at radius 2 is 1.71 bits per heavy atom. The quantitative estimate of drug-likeness (QED) is 0.621. The topological polar surface area (TPSA) is 80.2 Å². The zero-order chi connectivity index (χ0) is 22.2. The number of hydrogen-bond acceptors (Lipinski definition) is 6. The Labute approximate surface area is 186 Å². The number of ether oxygens (including phenoxy) is 2. The maximum atomic E-state index is 12.6. The average Bonchev–Trinajstić information content (AvgIpc) is 3.02. The van der Waals surface area contributed by atoms with Crippen LogP contribution in [-0.2, 0) is 9.59 Å². The molecule has 2 amide bonds. The maximum Gasteiger partial charge on any atom is 0.242 e. The molecule has 1 fully saturated rings. The van der Waals surface area contributed by atoms with Crippen molar-refractivity contribution < 1.29 is 19.1 Å². The van der Waals surface area contributed by atoms with Gasteiger partial charge in [0.05, 0.1) is 18.9 Å². The Hall–Kier alpha value is -3.00. The number of thioether (sulfide) groups is 1. The lowest BCUT2D eigenvalue weighted by molar-refractivity contribution is -0.127. The van der Waals surface area contributed by atoms with E-state index in [2.05, 4.69) is 10.3 Å². The number of carbonyl (C=O) groups is 2. The van der Waals surface area contributed by atoms with Gasteiger partial charge in [-0.2, -0.15) is 0 Å². The lowest BCUT2D eigenvalue weighted by Gasteiger charge is -2.10. The number of amides is 2. The molecule has 31 heavy (non-hydrogen) atoms. The summed E-state index contributed by atoms with van der Waals surface area (Å²) in [6.07, 6.45) is 1.01. The highest BCUT2D eigenvalue weighted by molar-refractivity contribution is 8.15. The van der Waals surface area contributed by atoms with E-state index in [0.29, 0.717) is 24.1 Å². The first kappa shape index (κ1) is 22.7. The van der Waals surface area contributed by atoms with Gasteiger partial charge >= 0.3 is 0 Å². The minimum Gasteiger partial charge on any atom is -0.494 e. The summed E-state index contributed by atoms with van der Waals surface area (Å²) in [7, 11) is 1.68. The lowest BCUT2D eigenvalue weighted by atomic mass is 10.2. The fourth-order valence-corrected chi connectivity index (χ4v) is 4.08. The van der Waals surface area contributed by atoms with E-state index in [4.69, 9.17) is 9.47 Å². The maximum absolute atomic E-state index is 12.6. The van der Waals surface area contributed by atoms with Gasteiger partial charge in [0, 0.05) is 19.2 Å². The molecule has 1 aliphatic heterocycles. The van der Waals surface area contributed by atoms with Gasteiger partial charge in [0.2, 0.25) is 11.8 Å². The van der Waals surface area contributed by atoms with Crippen molar-refractivity contribution in [1.82, 2.24) is 4.90 Å². The molecule has 1 saturated heterocycles. The number of nitrogens with zero attached hydrogens (tertiary/aromatic N) is 2. The number of amidine groups is 1. The van der Waals surface area contributed by atoms with E-state index in [1.54, 1.807) is 19.2 Å². The standard InChI is InChI=1S/C23H27N3O4S/c1-4-14-30-19-12-6-16(7-13-19)24-21(27)15-20-22(28)26(3)23(31-20)25-17-8-10-18(11-9-17)29-5-2/h6-13,20H,4-5,14-15H2,1-3H3,(H,24,27)/t20-/m0/s1. The molecular formula is C23H27N3O4S. The van der Waals surface area contributed by atoms with Gasteiger partial charge in [-0.05, 0) is 61.9 Å². The zero-order valence-electron chi connectivity index (χ0n) is 18.0. The average molecular weight is 442 g/mol. The van der Waals surface area contributed by atoms with Crippen molar-refractivity contribution in [3.63, 3.8) is 0 Å². The molecule has 0 radical (unpaired) electrons. The summed E-state index contributed by atoms with van der Waals surface area (Å²) < 4.78 is 11.0. The molecule has 1 heterocycles. The van der Waals surface area contributed by atoms with Crippen LogP contribution in [0.5, 0.6) is 11.5 Å². The summed E-state index contributed by atoms with van der Waals surface area (Å²) in [6, 6.07) is 14.6. The van der Waals surface area contributed by atoms with E-state index >= 15 is 0 Å². The highest BCUT2D eigenvalue weighted by Gasteiger charge is 2.37. The van der Waals surface area contributed by atoms with E-state index in [1.165, 1.54) is 16.7 Å². The smallest absolute Gasteiger partial charge is 0.242 e. The van der Waals surface area contributed by atoms with Crippen molar-refractivity contribution in [2.24, 2.45) is 4.99 Å². The van der Waals surface area contributed by atoms with Crippen molar-refractivity contribution in [1.29, 1.82) is 0 Å². The number of carbonyl (C=O) groups excluding carboxylic acids is 2. The first-order valence-corrected chi connectivity index (χ1v) is 11.2. The van der Waals surface area contributed by atoms with Gasteiger partial charge in [0.25, 0.3) is 0 Å². The number of aliphatic imine (C=N–C) groups is 1. The summed E-state index contributed by atoms with van der Waals surface area (Å²) in [6.45, 7) is 5.22. The molecule has 1 atom stereocenters. The molecule has 2 aromatic rings. The van der Waals surface area contributed by atoms with Crippen LogP contribution >= 0.6 is 11.8 Å². The van der Waals surface area contributed by atoms with Crippen LogP contribution in [0.4, 0.5) is 11.4 Å². The molecule has 0 spiro atoms. The van der Waals surface area contributed by atoms with Crippen molar-refractivity contribution >= 4 is 40.1 Å². The van der Waals surface area contributed by atoms with Crippen LogP contribution in [-0.4, -0.2) is 47.4 Å². The predicted molar refractivity (Wildman–Crippen MR) is 124 cm³/mol. The summed E-state index contributed by atoms with van der Waals surface area (Å²) in [5.74, 6) is 1.18. The highest BCUT2D eigenvalue weighted by Crippen LogP contribution is 2.31. The second-order valence-corrected chi connectivity index (χ2v) is 8.12. The van der Waals surface area contributed by atoms with Crippen LogP contribution in [0.3, 0.4) is 0 Å². The SMILES string of the molecule is CCCOc1ccc(NC(=O)C[C@@H]2SC(=Nc3ccc(OCC)cc3)N(C)C2=O)cc1. The number of rotatable bonds is 9. The lowest BCUT2D eigenvalue weighted by Crippen LogP contribution is -2.30. The number of hydrogen-bond donors (Lipinski definition) is 1. The number of nitrogens with one attached hydrogen (secondary N) is 1. The van der Waals surface area contributed by atoms with E-state index in [-0.39, 0.29) is 18.2 Å². The third-order valence-electron chi connectivity index (χ3n) is 4.49. The van der Waals surface area contributed by atoms with Crippen LogP contribution in [0.2, 0.25) is 0 Å². The molecule has 3 rings (SSSR count). The van der Waals surface area contributed by atoms with Crippen LogP contribution < -0.4 is 14.8 Å². The van der Waals surface area contributed by atoms with E-state index in [9.17, 15) is 9.59 Å². The third kappa shape index (κ3) is 6.24. The minimum absolute atomic E-state index is 0.0736. The van der Waals surface area contributed by atoms with Gasteiger partial charge in [-0.15, -0.1) is 0 Å². The summed E-state index contributed by atoms with van der Waals surface area (Å²) in [4.78, 5) is 31.1. The molecule has 0 saturated carbocycles. The summed E-state index contributed by atoms with van der Waals surface area (Å²) in [5.41, 5.74) is 1.39. The summed E-state index contributed by atoms with van der Waals surface area (Å²) in [5, 5.41) is 2.91. The molecule has 0 aliphatic carbocycles. The number of anilines is 1. The number of benzene rings is 2. The molecular weight excluding hydrogens is 414 g/mol. The molecule has 0 bridgehead atoms. The first-order chi connectivity index (χ1) is 15.0. The second kappa shape index (κ2) is 10.9. The zero-order valence-corrected chi connectivity index (χ0v) is 18.8. The van der Waals surface area contributed by atoms with E-state index in [1.807, 2.05) is 50.2 Å². The Morgan fingerprint density at radius 3 is 2.35 bits per heavy atom. The fraction of sp³-hybridized carbons (Fsp3) is 0.348. The predicted octanol–water partition coefficient (Wildman–Crippen LogP) is 4.46. The van der Waals surface area contributed by atoms with Gasteiger partial charge in [0.15, 0.2) is 5.17 Å². The second-order valence-electron chi connectivity index (χ2n) is 6.95. The largest absolute Gasteiger partial charge is 0.494 e. The Balaban J connectivity index is 1.58. The Bertz CT molecular complexity index is 929. The van der Waals surface area contributed by atoms with E-state index in [0.717, 1.165) is 23.6 Å². The molecule has 0 aromatic heterocycles. The van der Waals surface area contributed by atoms with E-state index < -0.39 is 5.25 Å². The highest BCUT2D eigenvalue weighted by atomic mass is 32.2. The molecule has 1 aliphatic rings. The Kier molecular flexibility index (Phi) is 7.94. The van der Waals surface area contributed by atoms with Crippen molar-refractivity contribution in [3.05, 3.63) is 48.5 Å². The van der Waals surface area contributed by atoms with Crippen LogP contribution in [0.1, 0.15) is 26.7 Å². The van der Waals surface area contributed by atoms with Crippen LogP contribution in [0, 0.1) is 0 Å². The third-order valence-corrected chi connectivity index (χ3v) is 5.72. The van der Waals surface area contributed by atoms with Crippen molar-refractivity contribution in [2.45, 2.75) is 31.9 Å². The monoisotopic (exact) mass is 441 g/mol. The first-order valence-electron chi connectivity index (χ1n) is 10.3. The van der Waals surface area contributed by atoms with Crippen LogP contribution in [0.25, 0.3) is 0 Å². The normalized spacial score (nSPS) is 17.1. The van der Waals surface area contributed by atoms with Crippen molar-refractivity contribution in [3.8, 4) is 11.5 Å². The Morgan fingerprint density at radius 1 is 1.06 bits per heavy atom. The molecule has 1 N–H and O–H groups in total. The van der Waals surface area contributed by atoms with Crippen molar-refractivity contribution in [2.75, 3.05) is 25.6 Å². The summed E-state index contributed by atoms with van der Waals surface area (Å²) >= 11 is 1.30. The van der Waals surface area contributed by atoms with Gasteiger partial charge in [-0.1, -0.05) is 18.7 Å². The molecule has 164 valence electrons.